The minimum atomic E-state index is -0.0446. The molecule has 1 N–H and O–H groups in total. The number of hydrogen-bond acceptors (Lipinski definition) is 5. The van der Waals surface area contributed by atoms with E-state index in [1.165, 1.54) is 11.8 Å². The van der Waals surface area contributed by atoms with Gasteiger partial charge in [-0.1, -0.05) is 24.8 Å². The minimum absolute atomic E-state index is 0.0446. The van der Waals surface area contributed by atoms with Crippen molar-refractivity contribution in [1.29, 1.82) is 0 Å². The Labute approximate surface area is 126 Å². The summed E-state index contributed by atoms with van der Waals surface area (Å²) < 4.78 is 5.65. The highest BCUT2D eigenvalue weighted by molar-refractivity contribution is 7.99. The molecule has 0 saturated carbocycles. The average Bonchev–Trinajstić information content (AvgIpc) is 2.87. The van der Waals surface area contributed by atoms with E-state index in [2.05, 4.69) is 22.1 Å². The van der Waals surface area contributed by atoms with Crippen LogP contribution >= 0.6 is 11.8 Å². The predicted octanol–water partition coefficient (Wildman–Crippen LogP) is 2.97. The fourth-order valence-corrected chi connectivity index (χ4v) is 2.83. The van der Waals surface area contributed by atoms with Gasteiger partial charge in [-0.3, -0.25) is 4.79 Å². The van der Waals surface area contributed by atoms with E-state index in [9.17, 15) is 4.79 Å². The summed E-state index contributed by atoms with van der Waals surface area (Å²) in [6, 6.07) is 5.78. The standard InChI is InChI=1S/C15H15N3O2S/c1-3-6-21-15-16-11-8-10(4-5-12(11)20-15)14-9(2)7-13(19)17-18-14/h3-5,8-9H,1,6-7H2,2H3,(H,17,19). The number of carbonyl (C=O) groups is 1. The van der Waals surface area contributed by atoms with Gasteiger partial charge in [0.15, 0.2) is 5.58 Å². The molecule has 1 aromatic heterocycles. The maximum absolute atomic E-state index is 11.3. The number of nitrogens with one attached hydrogen (secondary N) is 1. The molecule has 0 radical (unpaired) electrons. The third-order valence-corrected chi connectivity index (χ3v) is 4.07. The van der Waals surface area contributed by atoms with Gasteiger partial charge in [0.2, 0.25) is 5.91 Å². The molecule has 0 spiro atoms. The van der Waals surface area contributed by atoms with Crippen LogP contribution in [0.3, 0.4) is 0 Å². The lowest BCUT2D eigenvalue weighted by Crippen LogP contribution is -2.31. The van der Waals surface area contributed by atoms with Gasteiger partial charge >= 0.3 is 0 Å². The number of nitrogens with zero attached hydrogens (tertiary/aromatic N) is 2. The second-order valence-electron chi connectivity index (χ2n) is 4.90. The summed E-state index contributed by atoms with van der Waals surface area (Å²) in [5.74, 6) is 0.810. The molecule has 0 aliphatic carbocycles. The topological polar surface area (TPSA) is 67.5 Å². The van der Waals surface area contributed by atoms with Crippen molar-refractivity contribution >= 4 is 34.5 Å². The van der Waals surface area contributed by atoms with Gasteiger partial charge in [-0.05, 0) is 18.2 Å². The van der Waals surface area contributed by atoms with Gasteiger partial charge in [0.25, 0.3) is 5.22 Å². The third kappa shape index (κ3) is 2.85. The lowest BCUT2D eigenvalue weighted by Gasteiger charge is -2.18. The summed E-state index contributed by atoms with van der Waals surface area (Å²) in [4.78, 5) is 15.8. The molecule has 0 saturated heterocycles. The van der Waals surface area contributed by atoms with E-state index < -0.39 is 0 Å². The SMILES string of the molecule is C=CCSc1nc2cc(C3=NNC(=O)CC3C)ccc2o1. The largest absolute Gasteiger partial charge is 0.431 e. The number of fused-ring (bicyclic) bond motifs is 1. The normalized spacial score (nSPS) is 18.4. The molecular formula is C15H15N3O2S. The highest BCUT2D eigenvalue weighted by Crippen LogP contribution is 2.26. The molecule has 3 rings (SSSR count). The zero-order valence-corrected chi connectivity index (χ0v) is 12.4. The predicted molar refractivity (Wildman–Crippen MR) is 83.4 cm³/mol. The van der Waals surface area contributed by atoms with E-state index in [-0.39, 0.29) is 11.8 Å². The fourth-order valence-electron chi connectivity index (χ4n) is 2.26. The Morgan fingerprint density at radius 3 is 3.19 bits per heavy atom. The molecule has 2 aromatic rings. The molecular weight excluding hydrogens is 286 g/mol. The number of hydrogen-bond donors (Lipinski definition) is 1. The van der Waals surface area contributed by atoms with Gasteiger partial charge < -0.3 is 4.42 Å². The maximum atomic E-state index is 11.3. The molecule has 5 nitrogen and oxygen atoms in total. The summed E-state index contributed by atoms with van der Waals surface area (Å²) in [6.07, 6.45) is 2.27. The molecule has 0 fully saturated rings. The first-order valence-corrected chi connectivity index (χ1v) is 7.67. The van der Waals surface area contributed by atoms with E-state index in [4.69, 9.17) is 4.42 Å². The number of oxazole rings is 1. The van der Waals surface area contributed by atoms with E-state index >= 15 is 0 Å². The smallest absolute Gasteiger partial charge is 0.257 e. The summed E-state index contributed by atoms with van der Waals surface area (Å²) in [6.45, 7) is 5.67. The van der Waals surface area contributed by atoms with Crippen molar-refractivity contribution in [3.05, 3.63) is 36.4 Å². The molecule has 108 valence electrons. The van der Waals surface area contributed by atoms with Crippen molar-refractivity contribution in [1.82, 2.24) is 10.4 Å². The van der Waals surface area contributed by atoms with Gasteiger partial charge in [0, 0.05) is 23.7 Å². The number of aromatic nitrogens is 1. The maximum Gasteiger partial charge on any atom is 0.257 e. The monoisotopic (exact) mass is 301 g/mol. The van der Waals surface area contributed by atoms with Crippen molar-refractivity contribution < 1.29 is 9.21 Å². The van der Waals surface area contributed by atoms with Crippen LogP contribution in [0.2, 0.25) is 0 Å². The number of thioether (sulfide) groups is 1. The van der Waals surface area contributed by atoms with E-state index in [1.807, 2.05) is 31.2 Å². The van der Waals surface area contributed by atoms with Gasteiger partial charge in [-0.2, -0.15) is 5.10 Å². The quantitative estimate of drug-likeness (QED) is 0.696. The van der Waals surface area contributed by atoms with Crippen LogP contribution in [0.25, 0.3) is 11.1 Å². The highest BCUT2D eigenvalue weighted by Gasteiger charge is 2.22. The number of amides is 1. The van der Waals surface area contributed by atoms with Gasteiger partial charge in [0.05, 0.1) is 5.71 Å². The summed E-state index contributed by atoms with van der Waals surface area (Å²) in [5, 5.41) is 4.80. The molecule has 2 heterocycles. The Morgan fingerprint density at radius 1 is 1.57 bits per heavy atom. The third-order valence-electron chi connectivity index (χ3n) is 3.25. The highest BCUT2D eigenvalue weighted by atomic mass is 32.2. The number of hydrazone groups is 1. The molecule has 1 aromatic carbocycles. The lowest BCUT2D eigenvalue weighted by molar-refractivity contribution is -0.121. The van der Waals surface area contributed by atoms with E-state index in [0.717, 1.165) is 28.1 Å². The lowest BCUT2D eigenvalue weighted by atomic mass is 9.94. The fraction of sp³-hybridized carbons (Fsp3) is 0.267. The first kappa shape index (κ1) is 13.9. The van der Waals surface area contributed by atoms with E-state index in [1.54, 1.807) is 0 Å². The van der Waals surface area contributed by atoms with Crippen LogP contribution in [-0.4, -0.2) is 22.4 Å². The van der Waals surface area contributed by atoms with Gasteiger partial charge in [0.1, 0.15) is 5.52 Å². The molecule has 1 atom stereocenters. The van der Waals surface area contributed by atoms with Crippen LogP contribution in [0.15, 0.2) is 45.6 Å². The molecule has 1 amide bonds. The first-order valence-electron chi connectivity index (χ1n) is 6.68. The molecule has 21 heavy (non-hydrogen) atoms. The van der Waals surface area contributed by atoms with Crippen molar-refractivity contribution in [3.63, 3.8) is 0 Å². The Bertz CT molecular complexity index is 736. The molecule has 0 bridgehead atoms. The summed E-state index contributed by atoms with van der Waals surface area (Å²) in [7, 11) is 0. The second-order valence-corrected chi connectivity index (χ2v) is 5.87. The van der Waals surface area contributed by atoms with Crippen LogP contribution in [-0.2, 0) is 4.79 Å². The zero-order valence-electron chi connectivity index (χ0n) is 11.6. The van der Waals surface area contributed by atoms with Crippen molar-refractivity contribution in [2.24, 2.45) is 11.0 Å². The van der Waals surface area contributed by atoms with E-state index in [0.29, 0.717) is 11.6 Å². The molecule has 1 aliphatic heterocycles. The molecule has 1 aliphatic rings. The Kier molecular flexibility index (Phi) is 3.79. The Morgan fingerprint density at radius 2 is 2.43 bits per heavy atom. The Hall–Kier alpha value is -2.08. The average molecular weight is 301 g/mol. The van der Waals surface area contributed by atoms with Crippen molar-refractivity contribution in [2.45, 2.75) is 18.6 Å². The number of benzene rings is 1. The van der Waals surface area contributed by atoms with Gasteiger partial charge in [-0.15, -0.1) is 6.58 Å². The number of rotatable bonds is 4. The second kappa shape index (κ2) is 5.73. The van der Waals surface area contributed by atoms with Gasteiger partial charge in [-0.25, -0.2) is 10.4 Å². The van der Waals surface area contributed by atoms with Crippen LogP contribution in [0, 0.1) is 5.92 Å². The molecule has 6 heteroatoms. The zero-order chi connectivity index (χ0) is 14.8. The first-order chi connectivity index (χ1) is 10.2. The molecule has 1 unspecified atom stereocenters. The van der Waals surface area contributed by atoms with Crippen LogP contribution < -0.4 is 5.43 Å². The number of carbonyl (C=O) groups excluding carboxylic acids is 1. The Balaban J connectivity index is 1.93. The minimum Gasteiger partial charge on any atom is -0.431 e. The van der Waals surface area contributed by atoms with Crippen molar-refractivity contribution in [2.75, 3.05) is 5.75 Å². The summed E-state index contributed by atoms with van der Waals surface area (Å²) >= 11 is 1.51. The van der Waals surface area contributed by atoms with Crippen LogP contribution in [0.5, 0.6) is 0 Å². The summed E-state index contributed by atoms with van der Waals surface area (Å²) in [5.41, 5.74) is 5.91. The van der Waals surface area contributed by atoms with Crippen LogP contribution in [0.1, 0.15) is 18.9 Å². The van der Waals surface area contributed by atoms with Crippen LogP contribution in [0.4, 0.5) is 0 Å². The van der Waals surface area contributed by atoms with Crippen molar-refractivity contribution in [3.8, 4) is 0 Å².